The fourth-order valence-electron chi connectivity index (χ4n) is 6.04. The van der Waals surface area contributed by atoms with Gasteiger partial charge in [-0.1, -0.05) is 56.7 Å². The fourth-order valence-corrected chi connectivity index (χ4v) is 6.04. The summed E-state index contributed by atoms with van der Waals surface area (Å²) in [5, 5.41) is 5.78. The van der Waals surface area contributed by atoms with E-state index < -0.39 is 17.5 Å². The maximum atomic E-state index is 14.4. The number of amides is 3. The van der Waals surface area contributed by atoms with E-state index in [-0.39, 0.29) is 48.4 Å². The summed E-state index contributed by atoms with van der Waals surface area (Å²) >= 11 is 0. The number of nitrogens with one attached hydrogen (secondary N) is 2. The first-order valence-electron chi connectivity index (χ1n) is 16.4. The summed E-state index contributed by atoms with van der Waals surface area (Å²) in [5.74, 6) is -0.415. The van der Waals surface area contributed by atoms with Crippen LogP contribution in [0.25, 0.3) is 5.65 Å². The molecule has 0 bridgehead atoms. The number of carbonyl (C=O) groups is 3. The number of aryl methyl sites for hydroxylation is 1. The third-order valence-electron chi connectivity index (χ3n) is 8.62. The molecular formula is C37H45FN6O4. The smallest absolute Gasteiger partial charge is 0.274 e. The van der Waals surface area contributed by atoms with Crippen LogP contribution in [0.1, 0.15) is 48.8 Å². The Kier molecular flexibility index (Phi) is 10.8. The van der Waals surface area contributed by atoms with Gasteiger partial charge in [-0.3, -0.25) is 14.4 Å². The molecule has 4 aromatic rings. The molecule has 0 radical (unpaired) electrons. The van der Waals surface area contributed by atoms with Crippen LogP contribution in [0, 0.1) is 18.2 Å². The molecule has 0 saturated carbocycles. The minimum atomic E-state index is -0.805. The van der Waals surface area contributed by atoms with Crippen molar-refractivity contribution in [1.82, 2.24) is 29.8 Å². The van der Waals surface area contributed by atoms with Gasteiger partial charge in [0.25, 0.3) is 5.91 Å². The highest BCUT2D eigenvalue weighted by molar-refractivity contribution is 5.93. The Hall–Kier alpha value is -4.77. The Labute approximate surface area is 281 Å². The van der Waals surface area contributed by atoms with Crippen molar-refractivity contribution in [3.63, 3.8) is 0 Å². The zero-order chi connectivity index (χ0) is 34.4. The molecule has 2 N–H and O–H groups in total. The van der Waals surface area contributed by atoms with Gasteiger partial charge in [-0.15, -0.1) is 0 Å². The fraction of sp³-hybridized carbons (Fsp3) is 0.405. The maximum Gasteiger partial charge on any atom is 0.274 e. The average molecular weight is 657 g/mol. The number of carbonyl (C=O) groups excluding carboxylic acids is 3. The number of fused-ring (bicyclic) bond motifs is 1. The summed E-state index contributed by atoms with van der Waals surface area (Å²) < 4.78 is 21.8. The first kappa shape index (κ1) is 34.6. The minimum absolute atomic E-state index is 0.0765. The number of rotatable bonds is 12. The van der Waals surface area contributed by atoms with E-state index in [1.165, 1.54) is 12.1 Å². The van der Waals surface area contributed by atoms with Crippen molar-refractivity contribution < 1.29 is 23.5 Å². The van der Waals surface area contributed by atoms with E-state index >= 15 is 0 Å². The van der Waals surface area contributed by atoms with Crippen molar-refractivity contribution in [3.05, 3.63) is 102 Å². The predicted molar refractivity (Wildman–Crippen MR) is 182 cm³/mol. The molecule has 2 aromatic heterocycles. The van der Waals surface area contributed by atoms with Gasteiger partial charge in [0.15, 0.2) is 0 Å². The van der Waals surface area contributed by atoms with Gasteiger partial charge in [-0.25, -0.2) is 9.37 Å². The Balaban J connectivity index is 1.45. The first-order chi connectivity index (χ1) is 22.9. The van der Waals surface area contributed by atoms with Gasteiger partial charge in [0.05, 0.1) is 19.1 Å². The summed E-state index contributed by atoms with van der Waals surface area (Å²) in [4.78, 5) is 49.4. The van der Waals surface area contributed by atoms with Gasteiger partial charge in [-0.2, -0.15) is 0 Å². The number of likely N-dealkylation sites (tertiary alicyclic amines) is 1. The number of halogens is 1. The molecule has 48 heavy (non-hydrogen) atoms. The summed E-state index contributed by atoms with van der Waals surface area (Å²) in [6.07, 6.45) is 4.16. The number of hydrogen-bond acceptors (Lipinski definition) is 6. The molecule has 3 unspecified atom stereocenters. The number of ether oxygens (including phenoxy) is 1. The molecule has 254 valence electrons. The molecule has 0 spiro atoms. The lowest BCUT2D eigenvalue weighted by atomic mass is 9.85. The van der Waals surface area contributed by atoms with E-state index in [0.29, 0.717) is 37.3 Å². The van der Waals surface area contributed by atoms with Gasteiger partial charge in [0.2, 0.25) is 11.8 Å². The van der Waals surface area contributed by atoms with E-state index in [9.17, 15) is 18.8 Å². The lowest BCUT2D eigenvalue weighted by Gasteiger charge is -2.37. The molecule has 1 aliphatic rings. The number of imidazole rings is 1. The van der Waals surface area contributed by atoms with Crippen LogP contribution in [0.15, 0.2) is 79.1 Å². The van der Waals surface area contributed by atoms with Gasteiger partial charge in [-0.05, 0) is 67.8 Å². The topological polar surface area (TPSA) is 108 Å². The summed E-state index contributed by atoms with van der Waals surface area (Å²) in [6.45, 7) is 8.67. The number of pyridine rings is 1. The highest BCUT2D eigenvalue weighted by Crippen LogP contribution is 2.29. The summed E-state index contributed by atoms with van der Waals surface area (Å²) in [7, 11) is 1.68. The van der Waals surface area contributed by atoms with Crippen molar-refractivity contribution in [2.75, 3.05) is 33.2 Å². The van der Waals surface area contributed by atoms with E-state index in [4.69, 9.17) is 4.74 Å². The average Bonchev–Trinajstić information content (AvgIpc) is 3.67. The second-order valence-corrected chi connectivity index (χ2v) is 13.5. The molecule has 1 saturated heterocycles. The van der Waals surface area contributed by atoms with E-state index in [1.54, 1.807) is 39.6 Å². The Morgan fingerprint density at radius 1 is 1.06 bits per heavy atom. The van der Waals surface area contributed by atoms with Crippen molar-refractivity contribution in [2.45, 2.75) is 58.7 Å². The standard InChI is InChI=1S/C37H45FN6O4/c1-25-9-15-29(16-10-25)48-30-20-28(44(23-30)36(47)34(37(2,3)4)41-33(45)21-39-5)22-43(19-17-26-11-13-27(38)14-12-26)35(46)31-24-42-18-7-6-8-32(42)40-31/h6-16,18,24,28,30,34,39H,17,19-23H2,1-5H3,(H,41,45). The van der Waals surface area contributed by atoms with Crippen molar-refractivity contribution in [3.8, 4) is 5.75 Å². The lowest BCUT2D eigenvalue weighted by Crippen LogP contribution is -2.58. The van der Waals surface area contributed by atoms with E-state index in [2.05, 4.69) is 15.6 Å². The monoisotopic (exact) mass is 656 g/mol. The van der Waals surface area contributed by atoms with Gasteiger partial charge < -0.3 is 29.6 Å². The van der Waals surface area contributed by atoms with Gasteiger partial charge in [0, 0.05) is 31.9 Å². The number of benzene rings is 2. The maximum absolute atomic E-state index is 14.4. The van der Waals surface area contributed by atoms with Crippen LogP contribution in [-0.2, 0) is 16.0 Å². The van der Waals surface area contributed by atoms with Crippen molar-refractivity contribution in [1.29, 1.82) is 0 Å². The number of aromatic nitrogens is 2. The summed E-state index contributed by atoms with van der Waals surface area (Å²) in [6, 6.07) is 18.3. The van der Waals surface area contributed by atoms with Crippen LogP contribution in [0.2, 0.25) is 0 Å². The SMILES string of the molecule is CNCC(=O)NC(C(=O)N1CC(Oc2ccc(C)cc2)CC1CN(CCc1ccc(F)cc1)C(=O)c1cn2ccccc2n1)C(C)(C)C. The molecule has 3 heterocycles. The molecule has 2 aromatic carbocycles. The number of hydrogen-bond donors (Lipinski definition) is 2. The number of nitrogens with zero attached hydrogens (tertiary/aromatic N) is 4. The highest BCUT2D eigenvalue weighted by Gasteiger charge is 2.44. The normalized spacial score (nSPS) is 16.9. The van der Waals surface area contributed by atoms with Gasteiger partial charge >= 0.3 is 0 Å². The molecule has 11 heteroatoms. The predicted octanol–water partition coefficient (Wildman–Crippen LogP) is 4.27. The minimum Gasteiger partial charge on any atom is -0.489 e. The highest BCUT2D eigenvalue weighted by atomic mass is 19.1. The molecular weight excluding hydrogens is 611 g/mol. The molecule has 1 aliphatic heterocycles. The molecule has 3 atom stereocenters. The van der Waals surface area contributed by atoms with Crippen molar-refractivity contribution >= 4 is 23.4 Å². The zero-order valence-electron chi connectivity index (χ0n) is 28.3. The van der Waals surface area contributed by atoms with Gasteiger partial charge in [0.1, 0.15) is 35.1 Å². The molecule has 10 nitrogen and oxygen atoms in total. The first-order valence-corrected chi connectivity index (χ1v) is 16.4. The Bertz CT molecular complexity index is 1680. The second-order valence-electron chi connectivity index (χ2n) is 13.5. The van der Waals surface area contributed by atoms with E-state index in [1.807, 2.05) is 76.4 Å². The second kappa shape index (κ2) is 15.0. The molecule has 1 fully saturated rings. The number of likely N-dealkylation sites (N-methyl/N-ethyl adjacent to an activating group) is 1. The zero-order valence-corrected chi connectivity index (χ0v) is 28.3. The Morgan fingerprint density at radius 2 is 1.79 bits per heavy atom. The quantitative estimate of drug-likeness (QED) is 0.236. The van der Waals surface area contributed by atoms with Crippen LogP contribution in [0.5, 0.6) is 5.75 Å². The molecule has 3 amide bonds. The Morgan fingerprint density at radius 3 is 2.46 bits per heavy atom. The van der Waals surface area contributed by atoms with E-state index in [0.717, 1.165) is 11.1 Å². The van der Waals surface area contributed by atoms with Crippen LogP contribution >= 0.6 is 0 Å². The molecule has 5 rings (SSSR count). The summed E-state index contributed by atoms with van der Waals surface area (Å²) in [5.41, 5.74) is 2.33. The third-order valence-corrected chi connectivity index (χ3v) is 8.62. The molecule has 0 aliphatic carbocycles. The largest absolute Gasteiger partial charge is 0.489 e. The third kappa shape index (κ3) is 8.57. The van der Waals surface area contributed by atoms with Crippen LogP contribution in [0.4, 0.5) is 4.39 Å². The van der Waals surface area contributed by atoms with Crippen molar-refractivity contribution in [2.24, 2.45) is 5.41 Å². The van der Waals surface area contributed by atoms with Crippen LogP contribution < -0.4 is 15.4 Å². The lowest BCUT2D eigenvalue weighted by molar-refractivity contribution is -0.140. The van der Waals surface area contributed by atoms with Crippen LogP contribution in [0.3, 0.4) is 0 Å². The van der Waals surface area contributed by atoms with Crippen LogP contribution in [-0.4, -0.2) is 88.3 Å².